The Hall–Kier alpha value is -1.63. The molecule has 0 aliphatic carbocycles. The number of ether oxygens (including phenoxy) is 1. The molecule has 138 valence electrons. The monoisotopic (exact) mass is 347 g/mol. The van der Waals surface area contributed by atoms with Crippen molar-refractivity contribution in [2.45, 2.75) is 95.6 Å². The Labute approximate surface area is 149 Å². The topological polar surface area (TPSA) is 72.3 Å². The number of hydrogen-bond acceptors (Lipinski definition) is 5. The van der Waals surface area contributed by atoms with Crippen LogP contribution < -0.4 is 5.32 Å². The zero-order chi connectivity index (χ0) is 17.6. The van der Waals surface area contributed by atoms with Crippen LogP contribution in [0, 0.1) is 0 Å². The van der Waals surface area contributed by atoms with Gasteiger partial charge in [-0.05, 0) is 59.3 Å². The lowest BCUT2D eigenvalue weighted by Gasteiger charge is -2.41. The Morgan fingerprint density at radius 2 is 1.96 bits per heavy atom. The zero-order valence-corrected chi connectivity index (χ0v) is 15.4. The fraction of sp³-hybridized carbons (Fsp3) is 0.833. The molecule has 2 fully saturated rings. The van der Waals surface area contributed by atoms with Gasteiger partial charge in [0.2, 0.25) is 0 Å². The van der Waals surface area contributed by atoms with Gasteiger partial charge in [0.1, 0.15) is 17.8 Å². The number of amides is 1. The number of carbonyl (C=O) groups excluding carboxylic acids is 1. The molecule has 2 bridgehead atoms. The summed E-state index contributed by atoms with van der Waals surface area (Å²) in [6.45, 7) is 6.76. The lowest BCUT2D eigenvalue weighted by Crippen LogP contribution is -2.53. The van der Waals surface area contributed by atoms with Crippen molar-refractivity contribution in [2.75, 3.05) is 0 Å². The Kier molecular flexibility index (Phi) is 4.22. The number of carbonyl (C=O) groups is 1. The highest BCUT2D eigenvalue weighted by molar-refractivity contribution is 5.69. The van der Waals surface area contributed by atoms with E-state index in [1.807, 2.05) is 30.4 Å². The van der Waals surface area contributed by atoms with Crippen LogP contribution in [0.15, 0.2) is 6.33 Å². The first kappa shape index (κ1) is 16.8. The third-order valence-electron chi connectivity index (χ3n) is 5.59. The second-order valence-corrected chi connectivity index (χ2v) is 8.64. The number of hydrogen-bond donors (Lipinski definition) is 1. The van der Waals surface area contributed by atoms with Crippen molar-refractivity contribution in [2.24, 2.45) is 0 Å². The number of nitrogens with zero attached hydrogens (tertiary/aromatic N) is 4. The minimum Gasteiger partial charge on any atom is -0.444 e. The lowest BCUT2D eigenvalue weighted by molar-refractivity contribution is 0.00405. The van der Waals surface area contributed by atoms with E-state index in [4.69, 9.17) is 4.74 Å². The summed E-state index contributed by atoms with van der Waals surface area (Å²) in [5, 5.41) is 8.11. The van der Waals surface area contributed by atoms with Crippen LogP contribution >= 0.6 is 0 Å². The lowest BCUT2D eigenvalue weighted by atomic mass is 9.95. The Balaban J connectivity index is 1.40. The Morgan fingerprint density at radius 3 is 2.64 bits per heavy atom. The molecule has 0 saturated carbocycles. The van der Waals surface area contributed by atoms with Crippen molar-refractivity contribution < 1.29 is 9.53 Å². The highest BCUT2D eigenvalue weighted by Gasteiger charge is 2.45. The predicted octanol–water partition coefficient (Wildman–Crippen LogP) is 2.63. The fourth-order valence-electron chi connectivity index (χ4n) is 4.66. The first-order valence-electron chi connectivity index (χ1n) is 9.56. The van der Waals surface area contributed by atoms with E-state index in [1.54, 1.807) is 6.33 Å². The minimum absolute atomic E-state index is 0.143. The van der Waals surface area contributed by atoms with Gasteiger partial charge in [-0.2, -0.15) is 5.10 Å². The van der Waals surface area contributed by atoms with Crippen LogP contribution in [0.4, 0.5) is 4.79 Å². The molecule has 2 saturated heterocycles. The molecule has 25 heavy (non-hydrogen) atoms. The molecule has 4 heterocycles. The largest absolute Gasteiger partial charge is 0.444 e. The maximum Gasteiger partial charge on any atom is 0.410 e. The van der Waals surface area contributed by atoms with Gasteiger partial charge in [-0.25, -0.2) is 14.5 Å². The molecule has 1 N–H and O–H groups in total. The number of aryl methyl sites for hydroxylation is 1. The Bertz CT molecular complexity index is 624. The summed E-state index contributed by atoms with van der Waals surface area (Å²) < 4.78 is 7.64. The van der Waals surface area contributed by atoms with Crippen LogP contribution in [-0.2, 0) is 11.3 Å². The third kappa shape index (κ3) is 3.38. The second-order valence-electron chi connectivity index (χ2n) is 8.64. The van der Waals surface area contributed by atoms with Gasteiger partial charge in [0.25, 0.3) is 0 Å². The average molecular weight is 347 g/mol. The van der Waals surface area contributed by atoms with Crippen molar-refractivity contribution in [3.05, 3.63) is 12.2 Å². The second kappa shape index (κ2) is 6.27. The van der Waals surface area contributed by atoms with Crippen LogP contribution in [-0.4, -0.2) is 49.5 Å². The van der Waals surface area contributed by atoms with E-state index < -0.39 is 5.60 Å². The zero-order valence-electron chi connectivity index (χ0n) is 15.4. The van der Waals surface area contributed by atoms with Crippen LogP contribution in [0.5, 0.6) is 0 Å². The van der Waals surface area contributed by atoms with E-state index >= 15 is 0 Å². The molecule has 3 atom stereocenters. The normalized spacial score (nSPS) is 31.7. The summed E-state index contributed by atoms with van der Waals surface area (Å²) in [4.78, 5) is 19.0. The number of rotatable bonds is 2. The molecule has 0 aromatic carbocycles. The third-order valence-corrected chi connectivity index (χ3v) is 5.59. The van der Waals surface area contributed by atoms with E-state index in [1.165, 1.54) is 0 Å². The average Bonchev–Trinajstić information content (AvgIpc) is 3.09. The molecule has 1 aromatic heterocycles. The molecule has 1 aromatic rings. The van der Waals surface area contributed by atoms with E-state index in [-0.39, 0.29) is 12.1 Å². The van der Waals surface area contributed by atoms with Crippen molar-refractivity contribution in [1.29, 1.82) is 0 Å². The van der Waals surface area contributed by atoms with E-state index in [2.05, 4.69) is 15.4 Å². The maximum atomic E-state index is 12.6. The van der Waals surface area contributed by atoms with Crippen LogP contribution in [0.25, 0.3) is 0 Å². The SMILES string of the molecule is CC(C)(C)OC(=O)N1C2CCC1CC(NC1CCCn3ncnc31)C2. The summed E-state index contributed by atoms with van der Waals surface area (Å²) in [6, 6.07) is 1.32. The molecular weight excluding hydrogens is 318 g/mol. The van der Waals surface area contributed by atoms with Gasteiger partial charge in [0, 0.05) is 24.7 Å². The maximum absolute atomic E-state index is 12.6. The predicted molar refractivity (Wildman–Crippen MR) is 93.0 cm³/mol. The molecule has 7 nitrogen and oxygen atoms in total. The number of piperidine rings is 1. The molecule has 4 rings (SSSR count). The highest BCUT2D eigenvalue weighted by Crippen LogP contribution is 2.38. The molecule has 3 aliphatic rings. The quantitative estimate of drug-likeness (QED) is 0.890. The minimum atomic E-state index is -0.433. The standard InChI is InChI=1S/C18H29N5O2/c1-18(2,3)25-17(24)23-13-6-7-14(23)10-12(9-13)21-15-5-4-8-22-16(15)19-11-20-22/h11-15,21H,4-10H2,1-3H3. The fourth-order valence-corrected chi connectivity index (χ4v) is 4.66. The highest BCUT2D eigenvalue weighted by atomic mass is 16.6. The van der Waals surface area contributed by atoms with Gasteiger partial charge in [0.05, 0.1) is 6.04 Å². The summed E-state index contributed by atoms with van der Waals surface area (Å²) in [5.41, 5.74) is -0.433. The first-order valence-corrected chi connectivity index (χ1v) is 9.56. The van der Waals surface area contributed by atoms with Crippen molar-refractivity contribution in [1.82, 2.24) is 25.0 Å². The molecular formula is C18H29N5O2. The van der Waals surface area contributed by atoms with E-state index in [9.17, 15) is 4.79 Å². The van der Waals surface area contributed by atoms with Gasteiger partial charge >= 0.3 is 6.09 Å². The number of aromatic nitrogens is 3. The van der Waals surface area contributed by atoms with Gasteiger partial charge in [-0.1, -0.05) is 0 Å². The molecule has 1 amide bonds. The van der Waals surface area contributed by atoms with Gasteiger partial charge in [0.15, 0.2) is 0 Å². The summed E-state index contributed by atoms with van der Waals surface area (Å²) in [7, 11) is 0. The number of nitrogens with one attached hydrogen (secondary N) is 1. The smallest absolute Gasteiger partial charge is 0.410 e. The first-order chi connectivity index (χ1) is 11.9. The van der Waals surface area contributed by atoms with Gasteiger partial charge < -0.3 is 15.0 Å². The van der Waals surface area contributed by atoms with Crippen molar-refractivity contribution in [3.63, 3.8) is 0 Å². The van der Waals surface area contributed by atoms with Crippen molar-refractivity contribution >= 4 is 6.09 Å². The van der Waals surface area contributed by atoms with Crippen LogP contribution in [0.2, 0.25) is 0 Å². The summed E-state index contributed by atoms with van der Waals surface area (Å²) in [6.07, 6.45) is 7.94. The van der Waals surface area contributed by atoms with Crippen LogP contribution in [0.3, 0.4) is 0 Å². The van der Waals surface area contributed by atoms with E-state index in [0.717, 1.165) is 50.9 Å². The van der Waals surface area contributed by atoms with Gasteiger partial charge in [-0.3, -0.25) is 0 Å². The summed E-state index contributed by atoms with van der Waals surface area (Å²) in [5.74, 6) is 1.06. The number of fused-ring (bicyclic) bond motifs is 3. The van der Waals surface area contributed by atoms with Crippen molar-refractivity contribution in [3.8, 4) is 0 Å². The van der Waals surface area contributed by atoms with Gasteiger partial charge in [-0.15, -0.1) is 0 Å². The Morgan fingerprint density at radius 1 is 1.24 bits per heavy atom. The molecule has 3 unspecified atom stereocenters. The molecule has 0 spiro atoms. The summed E-state index contributed by atoms with van der Waals surface area (Å²) >= 11 is 0. The molecule has 0 radical (unpaired) electrons. The molecule has 7 heteroatoms. The van der Waals surface area contributed by atoms with Crippen LogP contribution in [0.1, 0.15) is 71.2 Å². The molecule has 3 aliphatic heterocycles. The van der Waals surface area contributed by atoms with E-state index in [0.29, 0.717) is 18.1 Å².